The van der Waals surface area contributed by atoms with Crippen LogP contribution in [-0.2, 0) is 4.79 Å². The van der Waals surface area contributed by atoms with Gasteiger partial charge in [-0.3, -0.25) is 19.5 Å². The van der Waals surface area contributed by atoms with Gasteiger partial charge in [-0.25, -0.2) is 4.98 Å². The van der Waals surface area contributed by atoms with Crippen molar-refractivity contribution in [3.63, 3.8) is 0 Å². The Morgan fingerprint density at radius 3 is 2.40 bits per heavy atom. The molecule has 0 saturated carbocycles. The maximum atomic E-state index is 13.9. The molecule has 1 unspecified atom stereocenters. The number of thiazole rings is 1. The Kier molecular flexibility index (Phi) is 5.78. The highest BCUT2D eigenvalue weighted by molar-refractivity contribution is 7.17. The van der Waals surface area contributed by atoms with Gasteiger partial charge < -0.3 is 5.11 Å². The van der Waals surface area contributed by atoms with E-state index in [0.29, 0.717) is 26.8 Å². The Morgan fingerprint density at radius 2 is 1.71 bits per heavy atom. The zero-order valence-corrected chi connectivity index (χ0v) is 20.3. The largest absolute Gasteiger partial charge is 0.503 e. The number of hydrogen-bond donors (Lipinski definition) is 1. The van der Waals surface area contributed by atoms with Gasteiger partial charge in [0.05, 0.1) is 22.2 Å². The number of pyridine rings is 1. The molecule has 35 heavy (non-hydrogen) atoms. The van der Waals surface area contributed by atoms with E-state index in [4.69, 9.17) is 0 Å². The number of benzene rings is 2. The third-order valence-corrected chi connectivity index (χ3v) is 7.32. The van der Waals surface area contributed by atoms with Gasteiger partial charge in [-0.1, -0.05) is 48.0 Å². The summed E-state index contributed by atoms with van der Waals surface area (Å²) in [4.78, 5) is 37.9. The van der Waals surface area contributed by atoms with E-state index in [1.165, 1.54) is 16.2 Å². The van der Waals surface area contributed by atoms with Crippen molar-refractivity contribution in [2.75, 3.05) is 4.90 Å². The molecule has 1 amide bonds. The summed E-state index contributed by atoms with van der Waals surface area (Å²) in [6, 6.07) is 18.1. The molecule has 1 aliphatic heterocycles. The fourth-order valence-corrected chi connectivity index (χ4v) is 5.48. The average Bonchev–Trinajstić information content (AvgIpc) is 3.37. The second kappa shape index (κ2) is 8.92. The normalized spacial score (nSPS) is 15.7. The van der Waals surface area contributed by atoms with Crippen LogP contribution in [0, 0.1) is 20.8 Å². The molecule has 0 aliphatic carbocycles. The minimum atomic E-state index is -0.791. The van der Waals surface area contributed by atoms with Crippen LogP contribution in [0.25, 0.3) is 10.6 Å². The summed E-state index contributed by atoms with van der Waals surface area (Å²) in [5.41, 5.74) is 4.77. The highest BCUT2D eigenvalue weighted by Crippen LogP contribution is 2.44. The first-order valence-corrected chi connectivity index (χ1v) is 12.0. The van der Waals surface area contributed by atoms with Crippen molar-refractivity contribution < 1.29 is 14.7 Å². The predicted octanol–water partition coefficient (Wildman–Crippen LogP) is 5.91. The number of aliphatic hydroxyl groups excluding tert-OH is 1. The van der Waals surface area contributed by atoms with E-state index < -0.39 is 23.5 Å². The molecule has 0 saturated heterocycles. The lowest BCUT2D eigenvalue weighted by molar-refractivity contribution is -0.117. The molecule has 1 N–H and O–H groups in total. The number of hydrogen-bond acceptors (Lipinski definition) is 6. The number of ketones is 1. The molecule has 4 aromatic rings. The molecule has 0 fully saturated rings. The van der Waals surface area contributed by atoms with E-state index >= 15 is 0 Å². The molecule has 6 nitrogen and oxygen atoms in total. The Hall–Kier alpha value is -4.10. The number of aromatic nitrogens is 2. The molecular formula is C28H23N3O3S. The van der Waals surface area contributed by atoms with Crippen molar-refractivity contribution >= 4 is 28.7 Å². The SMILES string of the molecule is Cc1ccc(N2C(=O)C(O)=C(C(=O)c3sc(-c4ccccc4)nc3C)C2c2ccncc2)c(C)c1. The molecular weight excluding hydrogens is 458 g/mol. The summed E-state index contributed by atoms with van der Waals surface area (Å²) in [6.45, 7) is 5.66. The van der Waals surface area contributed by atoms with Crippen molar-refractivity contribution in [2.45, 2.75) is 26.8 Å². The number of carbonyl (C=O) groups excluding carboxylic acids is 2. The Bertz CT molecular complexity index is 1480. The summed E-state index contributed by atoms with van der Waals surface area (Å²) in [5, 5.41) is 11.8. The first-order chi connectivity index (χ1) is 16.9. The second-order valence-corrected chi connectivity index (χ2v) is 9.54. The molecule has 5 rings (SSSR count). The van der Waals surface area contributed by atoms with E-state index in [-0.39, 0.29) is 5.57 Å². The number of amides is 1. The number of nitrogens with zero attached hydrogens (tertiary/aromatic N) is 3. The quantitative estimate of drug-likeness (QED) is 0.358. The molecule has 1 aliphatic rings. The number of carbonyl (C=O) groups is 2. The van der Waals surface area contributed by atoms with Gasteiger partial charge in [-0.15, -0.1) is 11.3 Å². The smallest absolute Gasteiger partial charge is 0.294 e. The van der Waals surface area contributed by atoms with Crippen molar-refractivity contribution in [3.8, 4) is 10.6 Å². The van der Waals surface area contributed by atoms with Crippen LogP contribution in [0.1, 0.15) is 38.1 Å². The first-order valence-electron chi connectivity index (χ1n) is 11.2. The van der Waals surface area contributed by atoms with Crippen LogP contribution >= 0.6 is 11.3 Å². The van der Waals surface area contributed by atoms with E-state index in [1.807, 2.05) is 62.4 Å². The molecule has 0 radical (unpaired) electrons. The van der Waals surface area contributed by atoms with Crippen molar-refractivity contribution in [2.24, 2.45) is 0 Å². The van der Waals surface area contributed by atoms with Crippen LogP contribution in [0.5, 0.6) is 0 Å². The predicted molar refractivity (Wildman–Crippen MR) is 137 cm³/mol. The number of rotatable bonds is 5. The molecule has 2 aromatic carbocycles. The van der Waals surface area contributed by atoms with Gasteiger partial charge in [0.1, 0.15) is 5.01 Å². The monoisotopic (exact) mass is 481 g/mol. The van der Waals surface area contributed by atoms with Gasteiger partial charge in [0, 0.05) is 23.6 Å². The maximum absolute atomic E-state index is 13.9. The zero-order valence-electron chi connectivity index (χ0n) is 19.5. The van der Waals surface area contributed by atoms with Crippen LogP contribution in [0.3, 0.4) is 0 Å². The van der Waals surface area contributed by atoms with Crippen LogP contribution in [0.2, 0.25) is 0 Å². The molecule has 2 aromatic heterocycles. The molecule has 3 heterocycles. The van der Waals surface area contributed by atoms with Crippen LogP contribution in [-0.4, -0.2) is 26.8 Å². The van der Waals surface area contributed by atoms with Gasteiger partial charge in [0.2, 0.25) is 5.78 Å². The summed E-state index contributed by atoms with van der Waals surface area (Å²) in [7, 11) is 0. The minimum Gasteiger partial charge on any atom is -0.503 e. The Morgan fingerprint density at radius 1 is 1.00 bits per heavy atom. The van der Waals surface area contributed by atoms with Gasteiger partial charge in [-0.2, -0.15) is 0 Å². The van der Waals surface area contributed by atoms with E-state index in [9.17, 15) is 14.7 Å². The number of aryl methyl sites for hydroxylation is 3. The van der Waals surface area contributed by atoms with E-state index in [1.54, 1.807) is 31.5 Å². The second-order valence-electron chi connectivity index (χ2n) is 8.54. The van der Waals surface area contributed by atoms with Crippen molar-refractivity contribution in [1.29, 1.82) is 0 Å². The summed E-state index contributed by atoms with van der Waals surface area (Å²) in [5.74, 6) is -1.54. The van der Waals surface area contributed by atoms with Crippen LogP contribution in [0.4, 0.5) is 5.69 Å². The molecule has 174 valence electrons. The number of Topliss-reactive ketones (excluding diaryl/α,β-unsaturated/α-hetero) is 1. The first kappa shape index (κ1) is 22.7. The topological polar surface area (TPSA) is 83.4 Å². The number of anilines is 1. The lowest BCUT2D eigenvalue weighted by Gasteiger charge is -2.28. The lowest BCUT2D eigenvalue weighted by atomic mass is 9.95. The Balaban J connectivity index is 1.64. The third kappa shape index (κ3) is 3.94. The fraction of sp³-hybridized carbons (Fsp3) is 0.143. The summed E-state index contributed by atoms with van der Waals surface area (Å²) in [6.07, 6.45) is 3.23. The average molecular weight is 482 g/mol. The Labute approximate surface area is 207 Å². The lowest BCUT2D eigenvalue weighted by Crippen LogP contribution is -2.31. The molecule has 1 atom stereocenters. The maximum Gasteiger partial charge on any atom is 0.294 e. The minimum absolute atomic E-state index is 0.0486. The molecule has 0 bridgehead atoms. The van der Waals surface area contributed by atoms with Crippen molar-refractivity contribution in [1.82, 2.24) is 9.97 Å². The molecule has 7 heteroatoms. The van der Waals surface area contributed by atoms with Gasteiger partial charge in [-0.05, 0) is 50.1 Å². The number of aliphatic hydroxyl groups is 1. The fourth-order valence-electron chi connectivity index (χ4n) is 4.46. The highest BCUT2D eigenvalue weighted by Gasteiger charge is 2.45. The summed E-state index contributed by atoms with van der Waals surface area (Å²) < 4.78 is 0. The highest BCUT2D eigenvalue weighted by atomic mass is 32.1. The van der Waals surface area contributed by atoms with Crippen LogP contribution < -0.4 is 4.90 Å². The van der Waals surface area contributed by atoms with Gasteiger partial charge >= 0.3 is 0 Å². The van der Waals surface area contributed by atoms with E-state index in [0.717, 1.165) is 16.7 Å². The van der Waals surface area contributed by atoms with Crippen molar-refractivity contribution in [3.05, 3.63) is 112 Å². The standard InChI is InChI=1S/C28H23N3O3S/c1-16-9-10-21(17(2)15-16)31-23(19-11-13-29-14-12-19)22(25(33)28(31)34)24(32)26-18(3)30-27(35-26)20-7-5-4-6-8-20/h4-15,23,33H,1-3H3. The van der Waals surface area contributed by atoms with Gasteiger partial charge in [0.15, 0.2) is 5.76 Å². The van der Waals surface area contributed by atoms with Gasteiger partial charge in [0.25, 0.3) is 5.91 Å². The van der Waals surface area contributed by atoms with Crippen LogP contribution in [0.15, 0.2) is 84.4 Å². The van der Waals surface area contributed by atoms with E-state index in [2.05, 4.69) is 9.97 Å². The zero-order chi connectivity index (χ0) is 24.7. The third-order valence-electron chi connectivity index (χ3n) is 6.11. The molecule has 0 spiro atoms. The summed E-state index contributed by atoms with van der Waals surface area (Å²) >= 11 is 1.26.